The Labute approximate surface area is 124 Å². The molecule has 21 heavy (non-hydrogen) atoms. The molecule has 114 valence electrons. The lowest BCUT2D eigenvalue weighted by molar-refractivity contribution is 0.179. The Kier molecular flexibility index (Phi) is 5.33. The smallest absolute Gasteiger partial charge is 0.318 e. The van der Waals surface area contributed by atoms with Crippen LogP contribution < -0.4 is 5.32 Å². The van der Waals surface area contributed by atoms with Crippen molar-refractivity contribution in [3.8, 4) is 0 Å². The van der Waals surface area contributed by atoms with Crippen LogP contribution in [-0.2, 0) is 0 Å². The van der Waals surface area contributed by atoms with E-state index in [4.69, 9.17) is 5.11 Å². The molecule has 0 heterocycles. The lowest BCUT2D eigenvalue weighted by Gasteiger charge is -2.25. The number of halogens is 1. The van der Waals surface area contributed by atoms with Crippen molar-refractivity contribution < 1.29 is 14.3 Å². The van der Waals surface area contributed by atoms with E-state index in [0.29, 0.717) is 12.5 Å². The van der Waals surface area contributed by atoms with Gasteiger partial charge in [-0.25, -0.2) is 9.18 Å². The Balaban J connectivity index is 2.06. The number of hydrogen-bond donors (Lipinski definition) is 2. The van der Waals surface area contributed by atoms with E-state index in [1.807, 2.05) is 0 Å². The van der Waals surface area contributed by atoms with Gasteiger partial charge < -0.3 is 15.3 Å². The van der Waals surface area contributed by atoms with Gasteiger partial charge in [0.05, 0.1) is 12.6 Å². The van der Waals surface area contributed by atoms with Gasteiger partial charge in [-0.15, -0.1) is 6.58 Å². The Morgan fingerprint density at radius 1 is 1.48 bits per heavy atom. The van der Waals surface area contributed by atoms with Crippen LogP contribution in [0.2, 0.25) is 0 Å². The van der Waals surface area contributed by atoms with E-state index < -0.39 is 0 Å². The number of nitrogens with zero attached hydrogens (tertiary/aromatic N) is 1. The van der Waals surface area contributed by atoms with Crippen molar-refractivity contribution in [1.82, 2.24) is 10.2 Å². The highest BCUT2D eigenvalue weighted by atomic mass is 19.1. The number of aliphatic hydroxyl groups excluding tert-OH is 1. The third-order valence-electron chi connectivity index (χ3n) is 3.61. The van der Waals surface area contributed by atoms with Crippen LogP contribution in [0.15, 0.2) is 36.9 Å². The highest BCUT2D eigenvalue weighted by Gasteiger charge is 2.34. The number of aliphatic hydroxyl groups is 1. The molecule has 0 aliphatic heterocycles. The van der Waals surface area contributed by atoms with Crippen LogP contribution in [0.1, 0.15) is 24.4 Å². The largest absolute Gasteiger partial charge is 0.395 e. The molecule has 5 heteroatoms. The second-order valence-corrected chi connectivity index (χ2v) is 5.27. The molecule has 2 N–H and O–H groups in total. The summed E-state index contributed by atoms with van der Waals surface area (Å²) in [4.78, 5) is 13.8. The molecule has 2 rings (SSSR count). The molecule has 1 aliphatic rings. The number of amides is 2. The molecule has 1 aromatic rings. The number of benzene rings is 1. The quantitative estimate of drug-likeness (QED) is 0.759. The molecule has 0 bridgehead atoms. The molecule has 1 atom stereocenters. The zero-order valence-corrected chi connectivity index (χ0v) is 12.0. The topological polar surface area (TPSA) is 52.6 Å². The summed E-state index contributed by atoms with van der Waals surface area (Å²) in [5.74, 6) is 0.118. The van der Waals surface area contributed by atoms with E-state index in [-0.39, 0.29) is 31.0 Å². The zero-order valence-electron chi connectivity index (χ0n) is 12.0. The van der Waals surface area contributed by atoms with Crippen molar-refractivity contribution in [3.63, 3.8) is 0 Å². The molecule has 0 radical (unpaired) electrons. The lowest BCUT2D eigenvalue weighted by Crippen LogP contribution is -2.43. The van der Waals surface area contributed by atoms with Crippen molar-refractivity contribution in [2.24, 2.45) is 5.92 Å². The first-order valence-corrected chi connectivity index (χ1v) is 7.18. The molecule has 1 aromatic carbocycles. The number of carbonyl (C=O) groups is 1. The van der Waals surface area contributed by atoms with Crippen molar-refractivity contribution in [2.45, 2.75) is 18.9 Å². The highest BCUT2D eigenvalue weighted by molar-refractivity contribution is 5.75. The fourth-order valence-electron chi connectivity index (χ4n) is 2.35. The van der Waals surface area contributed by atoms with Gasteiger partial charge in [-0.1, -0.05) is 18.2 Å². The Morgan fingerprint density at radius 3 is 2.67 bits per heavy atom. The molecule has 1 unspecified atom stereocenters. The minimum Gasteiger partial charge on any atom is -0.395 e. The standard InChI is InChI=1S/C16H21FN2O2/c1-2-9-19(10-11-20)16(21)18-15(12-3-4-12)13-5-7-14(17)8-6-13/h2,5-8,12,15,20H,1,3-4,9-11H2,(H,18,21). The van der Waals surface area contributed by atoms with Crippen LogP contribution in [0, 0.1) is 11.7 Å². The minimum atomic E-state index is -0.284. The normalized spacial score (nSPS) is 15.3. The maximum absolute atomic E-state index is 13.0. The van der Waals surface area contributed by atoms with E-state index in [1.54, 1.807) is 18.2 Å². The third-order valence-corrected chi connectivity index (χ3v) is 3.61. The Bertz CT molecular complexity index is 486. The maximum Gasteiger partial charge on any atom is 0.318 e. The van der Waals surface area contributed by atoms with E-state index in [9.17, 15) is 9.18 Å². The second kappa shape index (κ2) is 7.22. The number of nitrogens with one attached hydrogen (secondary N) is 1. The predicted octanol–water partition coefficient (Wildman–Crippen LogP) is 2.47. The summed E-state index contributed by atoms with van der Waals surface area (Å²) in [6.07, 6.45) is 3.74. The van der Waals surface area contributed by atoms with E-state index in [1.165, 1.54) is 17.0 Å². The second-order valence-electron chi connectivity index (χ2n) is 5.27. The summed E-state index contributed by atoms with van der Waals surface area (Å²) in [5, 5.41) is 12.0. The SMILES string of the molecule is C=CCN(CCO)C(=O)NC(c1ccc(F)cc1)C1CC1. The average Bonchev–Trinajstić information content (AvgIpc) is 3.30. The molecule has 1 fully saturated rings. The summed E-state index contributed by atoms with van der Waals surface area (Å²) in [7, 11) is 0. The van der Waals surface area contributed by atoms with Crippen LogP contribution in [-0.4, -0.2) is 35.7 Å². The molecular weight excluding hydrogens is 271 g/mol. The average molecular weight is 292 g/mol. The van der Waals surface area contributed by atoms with Gasteiger partial charge in [0.15, 0.2) is 0 Å². The maximum atomic E-state index is 13.0. The first-order valence-electron chi connectivity index (χ1n) is 7.18. The predicted molar refractivity (Wildman–Crippen MR) is 79.3 cm³/mol. The van der Waals surface area contributed by atoms with Crippen molar-refractivity contribution in [2.75, 3.05) is 19.7 Å². The highest BCUT2D eigenvalue weighted by Crippen LogP contribution is 2.41. The number of hydrogen-bond acceptors (Lipinski definition) is 2. The molecule has 0 spiro atoms. The third kappa shape index (κ3) is 4.29. The molecule has 1 saturated carbocycles. The Morgan fingerprint density at radius 2 is 2.14 bits per heavy atom. The van der Waals surface area contributed by atoms with Crippen molar-refractivity contribution >= 4 is 6.03 Å². The van der Waals surface area contributed by atoms with Gasteiger partial charge in [-0.2, -0.15) is 0 Å². The first-order chi connectivity index (χ1) is 10.2. The Hall–Kier alpha value is -1.88. The number of carbonyl (C=O) groups excluding carboxylic acids is 1. The van der Waals surface area contributed by atoms with E-state index in [0.717, 1.165) is 18.4 Å². The fraction of sp³-hybridized carbons (Fsp3) is 0.438. The molecule has 0 saturated heterocycles. The molecular formula is C16H21FN2O2. The molecule has 4 nitrogen and oxygen atoms in total. The zero-order chi connectivity index (χ0) is 15.2. The minimum absolute atomic E-state index is 0.0914. The number of urea groups is 1. The van der Waals surface area contributed by atoms with Gasteiger partial charge in [0.1, 0.15) is 5.82 Å². The van der Waals surface area contributed by atoms with Gasteiger partial charge in [-0.3, -0.25) is 0 Å². The van der Waals surface area contributed by atoms with Crippen molar-refractivity contribution in [3.05, 3.63) is 48.3 Å². The van der Waals surface area contributed by atoms with Crippen molar-refractivity contribution in [1.29, 1.82) is 0 Å². The first kappa shape index (κ1) is 15.5. The van der Waals surface area contributed by atoms with Crippen LogP contribution in [0.25, 0.3) is 0 Å². The van der Waals surface area contributed by atoms with Crippen LogP contribution in [0.5, 0.6) is 0 Å². The van der Waals surface area contributed by atoms with E-state index >= 15 is 0 Å². The van der Waals surface area contributed by atoms with Gasteiger partial charge in [0, 0.05) is 13.1 Å². The van der Waals surface area contributed by atoms with Gasteiger partial charge in [0.25, 0.3) is 0 Å². The van der Waals surface area contributed by atoms with Crippen LogP contribution in [0.4, 0.5) is 9.18 Å². The van der Waals surface area contributed by atoms with Crippen LogP contribution >= 0.6 is 0 Å². The summed E-state index contributed by atoms with van der Waals surface area (Å²) in [5.41, 5.74) is 0.912. The summed E-state index contributed by atoms with van der Waals surface area (Å²) >= 11 is 0. The monoisotopic (exact) mass is 292 g/mol. The van der Waals surface area contributed by atoms with E-state index in [2.05, 4.69) is 11.9 Å². The molecule has 2 amide bonds. The van der Waals surface area contributed by atoms with Gasteiger partial charge in [0.2, 0.25) is 0 Å². The van der Waals surface area contributed by atoms with Gasteiger partial charge in [-0.05, 0) is 36.5 Å². The fourth-order valence-corrected chi connectivity index (χ4v) is 2.35. The van der Waals surface area contributed by atoms with Crippen LogP contribution in [0.3, 0.4) is 0 Å². The lowest BCUT2D eigenvalue weighted by atomic mass is 10.0. The summed E-state index contributed by atoms with van der Waals surface area (Å²) in [6, 6.07) is 5.90. The summed E-state index contributed by atoms with van der Waals surface area (Å²) < 4.78 is 13.0. The summed E-state index contributed by atoms with van der Waals surface area (Å²) in [6.45, 7) is 4.17. The number of rotatable bonds is 7. The van der Waals surface area contributed by atoms with Gasteiger partial charge >= 0.3 is 6.03 Å². The molecule has 0 aromatic heterocycles. The molecule has 1 aliphatic carbocycles.